The SMILES string of the molecule is C=CCN(S)CC=C. The van der Waals surface area contributed by atoms with Gasteiger partial charge in [-0.1, -0.05) is 25.0 Å². The van der Waals surface area contributed by atoms with E-state index < -0.39 is 0 Å². The summed E-state index contributed by atoms with van der Waals surface area (Å²) >= 11 is 4.08. The summed E-state index contributed by atoms with van der Waals surface area (Å²) in [6.07, 6.45) is 3.60. The molecule has 0 amide bonds. The summed E-state index contributed by atoms with van der Waals surface area (Å²) < 4.78 is 1.82. The molecule has 0 rings (SSSR count). The summed E-state index contributed by atoms with van der Waals surface area (Å²) in [5.74, 6) is 0. The van der Waals surface area contributed by atoms with Crippen molar-refractivity contribution in [3.8, 4) is 0 Å². The zero-order chi connectivity index (χ0) is 6.41. The van der Waals surface area contributed by atoms with Crippen molar-refractivity contribution in [2.75, 3.05) is 13.1 Å². The lowest BCUT2D eigenvalue weighted by atomic mass is 10.5. The summed E-state index contributed by atoms with van der Waals surface area (Å²) in [5.41, 5.74) is 0. The molecule has 0 aliphatic heterocycles. The molecule has 0 N–H and O–H groups in total. The number of hydrogen-bond donors (Lipinski definition) is 1. The van der Waals surface area contributed by atoms with Crippen LogP contribution in [0.15, 0.2) is 25.3 Å². The van der Waals surface area contributed by atoms with E-state index in [0.29, 0.717) is 0 Å². The van der Waals surface area contributed by atoms with Crippen molar-refractivity contribution in [1.29, 1.82) is 0 Å². The summed E-state index contributed by atoms with van der Waals surface area (Å²) in [6, 6.07) is 0. The van der Waals surface area contributed by atoms with Gasteiger partial charge in [0.2, 0.25) is 0 Å². The van der Waals surface area contributed by atoms with Gasteiger partial charge in [-0.2, -0.15) is 0 Å². The first-order valence-corrected chi connectivity index (χ1v) is 2.87. The second-order valence-electron chi connectivity index (χ2n) is 1.45. The van der Waals surface area contributed by atoms with E-state index in [1.54, 1.807) is 12.2 Å². The second kappa shape index (κ2) is 4.94. The molecule has 0 saturated heterocycles. The predicted molar refractivity (Wildman–Crippen MR) is 41.0 cm³/mol. The van der Waals surface area contributed by atoms with E-state index in [2.05, 4.69) is 26.0 Å². The van der Waals surface area contributed by atoms with Crippen LogP contribution in [0.4, 0.5) is 0 Å². The Balaban J connectivity index is 3.16. The number of nitrogens with zero attached hydrogens (tertiary/aromatic N) is 1. The second-order valence-corrected chi connectivity index (χ2v) is 2.01. The molecular weight excluding hydrogens is 118 g/mol. The molecule has 0 aromatic carbocycles. The molecule has 1 nitrogen and oxygen atoms in total. The molecule has 0 heterocycles. The molecule has 0 bridgehead atoms. The molecule has 0 aromatic heterocycles. The maximum Gasteiger partial charge on any atom is 0.0269 e. The Morgan fingerprint density at radius 1 is 1.25 bits per heavy atom. The Morgan fingerprint density at radius 2 is 1.62 bits per heavy atom. The van der Waals surface area contributed by atoms with Crippen molar-refractivity contribution in [1.82, 2.24) is 4.31 Å². The van der Waals surface area contributed by atoms with Crippen LogP contribution in [0.2, 0.25) is 0 Å². The van der Waals surface area contributed by atoms with E-state index in [-0.39, 0.29) is 0 Å². The van der Waals surface area contributed by atoms with Crippen LogP contribution in [0, 0.1) is 0 Å². The highest BCUT2D eigenvalue weighted by Crippen LogP contribution is 1.90. The van der Waals surface area contributed by atoms with Crippen LogP contribution in [-0.2, 0) is 0 Å². The number of rotatable bonds is 4. The van der Waals surface area contributed by atoms with E-state index in [9.17, 15) is 0 Å². The summed E-state index contributed by atoms with van der Waals surface area (Å²) in [5, 5.41) is 0. The van der Waals surface area contributed by atoms with Crippen molar-refractivity contribution in [3.05, 3.63) is 25.3 Å². The van der Waals surface area contributed by atoms with Crippen molar-refractivity contribution in [2.45, 2.75) is 0 Å². The van der Waals surface area contributed by atoms with Gasteiger partial charge in [0, 0.05) is 13.1 Å². The first kappa shape index (κ1) is 7.79. The fraction of sp³-hybridized carbons (Fsp3) is 0.333. The average Bonchev–Trinajstić information content (AvgIpc) is 1.68. The number of thiol groups is 1. The Morgan fingerprint density at radius 3 is 1.88 bits per heavy atom. The zero-order valence-corrected chi connectivity index (χ0v) is 5.77. The van der Waals surface area contributed by atoms with E-state index in [4.69, 9.17) is 0 Å². The number of hydrogen-bond acceptors (Lipinski definition) is 2. The van der Waals surface area contributed by atoms with Gasteiger partial charge in [-0.05, 0) is 0 Å². The molecular formula is C6H11NS. The quantitative estimate of drug-likeness (QED) is 0.445. The van der Waals surface area contributed by atoms with Crippen LogP contribution < -0.4 is 0 Å². The monoisotopic (exact) mass is 129 g/mol. The summed E-state index contributed by atoms with van der Waals surface area (Å²) in [4.78, 5) is 0. The largest absolute Gasteiger partial charge is 0.246 e. The average molecular weight is 129 g/mol. The molecule has 0 atom stereocenters. The van der Waals surface area contributed by atoms with Crippen molar-refractivity contribution in [3.63, 3.8) is 0 Å². The van der Waals surface area contributed by atoms with Gasteiger partial charge in [-0.15, -0.1) is 13.2 Å². The van der Waals surface area contributed by atoms with Gasteiger partial charge in [0.05, 0.1) is 0 Å². The van der Waals surface area contributed by atoms with Crippen LogP contribution in [0.5, 0.6) is 0 Å². The maximum atomic E-state index is 4.08. The third kappa shape index (κ3) is 3.96. The van der Waals surface area contributed by atoms with Crippen molar-refractivity contribution >= 4 is 12.8 Å². The van der Waals surface area contributed by atoms with Gasteiger partial charge >= 0.3 is 0 Å². The lowest BCUT2D eigenvalue weighted by Gasteiger charge is -2.07. The topological polar surface area (TPSA) is 3.24 Å². The first-order valence-electron chi connectivity index (χ1n) is 2.47. The summed E-state index contributed by atoms with van der Waals surface area (Å²) in [6.45, 7) is 8.72. The van der Waals surface area contributed by atoms with Crippen LogP contribution in [0.1, 0.15) is 0 Å². The van der Waals surface area contributed by atoms with Gasteiger partial charge in [0.1, 0.15) is 0 Å². The minimum Gasteiger partial charge on any atom is -0.246 e. The smallest absolute Gasteiger partial charge is 0.0269 e. The van der Waals surface area contributed by atoms with Gasteiger partial charge in [0.25, 0.3) is 0 Å². The van der Waals surface area contributed by atoms with E-state index in [0.717, 1.165) is 13.1 Å². The summed E-state index contributed by atoms with van der Waals surface area (Å²) in [7, 11) is 0. The predicted octanol–water partition coefficient (Wildman–Crippen LogP) is 1.51. The van der Waals surface area contributed by atoms with Gasteiger partial charge in [0.15, 0.2) is 0 Å². The Bertz CT molecular complexity index is 70.6. The molecule has 46 valence electrons. The molecule has 0 fully saturated rings. The van der Waals surface area contributed by atoms with Gasteiger partial charge < -0.3 is 0 Å². The van der Waals surface area contributed by atoms with Gasteiger partial charge in [-0.3, -0.25) is 0 Å². The van der Waals surface area contributed by atoms with E-state index in [1.165, 1.54) is 0 Å². The van der Waals surface area contributed by atoms with Gasteiger partial charge in [-0.25, -0.2) is 4.31 Å². The van der Waals surface area contributed by atoms with Crippen molar-refractivity contribution < 1.29 is 0 Å². The van der Waals surface area contributed by atoms with E-state index >= 15 is 0 Å². The fourth-order valence-electron chi connectivity index (χ4n) is 0.373. The van der Waals surface area contributed by atoms with Crippen molar-refractivity contribution in [2.24, 2.45) is 0 Å². The first-order chi connectivity index (χ1) is 3.81. The fourth-order valence-corrected chi connectivity index (χ4v) is 0.604. The van der Waals surface area contributed by atoms with Crippen LogP contribution >= 0.6 is 12.8 Å². The molecule has 0 aromatic rings. The van der Waals surface area contributed by atoms with Crippen LogP contribution in [-0.4, -0.2) is 17.4 Å². The third-order valence-electron chi connectivity index (χ3n) is 0.680. The molecule has 2 heteroatoms. The molecule has 0 aliphatic rings. The highest BCUT2D eigenvalue weighted by atomic mass is 32.1. The maximum absolute atomic E-state index is 4.08. The molecule has 0 spiro atoms. The Hall–Kier alpha value is -0.210. The molecule has 0 aliphatic carbocycles. The molecule has 0 saturated carbocycles. The minimum atomic E-state index is 0.801. The van der Waals surface area contributed by atoms with Crippen LogP contribution in [0.3, 0.4) is 0 Å². The molecule has 0 unspecified atom stereocenters. The highest BCUT2D eigenvalue weighted by molar-refractivity contribution is 7.77. The minimum absolute atomic E-state index is 0.801. The van der Waals surface area contributed by atoms with Crippen LogP contribution in [0.25, 0.3) is 0 Å². The van der Waals surface area contributed by atoms with E-state index in [1.807, 2.05) is 4.31 Å². The lowest BCUT2D eigenvalue weighted by Crippen LogP contribution is -2.10. The molecule has 0 radical (unpaired) electrons. The standard InChI is InChI=1S/C6H11NS/c1-3-5-7(8)6-4-2/h3-4,8H,1-2,5-6H2. The zero-order valence-electron chi connectivity index (χ0n) is 4.88. The third-order valence-corrected chi connectivity index (χ3v) is 1.01. The molecule has 8 heavy (non-hydrogen) atoms. The highest BCUT2D eigenvalue weighted by Gasteiger charge is 1.87. The Labute approximate surface area is 56.2 Å². The Kier molecular flexibility index (Phi) is 4.81. The lowest BCUT2D eigenvalue weighted by molar-refractivity contribution is 0.588. The normalized spacial score (nSPS) is 9.25.